The van der Waals surface area contributed by atoms with Gasteiger partial charge in [0.1, 0.15) is 5.75 Å². The van der Waals surface area contributed by atoms with Crippen LogP contribution in [-0.2, 0) is 11.2 Å². The number of hydrogen-bond acceptors (Lipinski definition) is 3. The summed E-state index contributed by atoms with van der Waals surface area (Å²) in [4.78, 5) is 2.55. The van der Waals surface area contributed by atoms with Gasteiger partial charge in [-0.05, 0) is 44.2 Å². The molecule has 3 heteroatoms. The average Bonchev–Trinajstić information content (AvgIpc) is 2.52. The molecule has 3 atom stereocenters. The fraction of sp³-hybridized carbons (Fsp3) is 0.714. The molecule has 0 N–H and O–H groups in total. The zero-order chi connectivity index (χ0) is 17.4. The van der Waals surface area contributed by atoms with Crippen LogP contribution in [0, 0.1) is 5.92 Å². The van der Waals surface area contributed by atoms with E-state index in [0.29, 0.717) is 18.1 Å². The molecule has 0 aliphatic carbocycles. The molecular formula is C21H35NO2. The molecule has 136 valence electrons. The zero-order valence-corrected chi connectivity index (χ0v) is 16.0. The highest BCUT2D eigenvalue weighted by atomic mass is 16.5. The molecule has 1 saturated heterocycles. The minimum absolute atomic E-state index is 0.343. The molecule has 1 aliphatic rings. The minimum atomic E-state index is 0.343. The van der Waals surface area contributed by atoms with Crippen LogP contribution in [-0.4, -0.2) is 43.3 Å². The van der Waals surface area contributed by atoms with Gasteiger partial charge in [0.15, 0.2) is 0 Å². The van der Waals surface area contributed by atoms with Gasteiger partial charge in [-0.3, -0.25) is 4.90 Å². The van der Waals surface area contributed by atoms with Crippen molar-refractivity contribution in [1.82, 2.24) is 4.90 Å². The van der Waals surface area contributed by atoms with Gasteiger partial charge in [-0.1, -0.05) is 44.9 Å². The number of morpholine rings is 1. The number of nitrogens with zero attached hydrogens (tertiary/aromatic N) is 1. The number of benzene rings is 1. The van der Waals surface area contributed by atoms with Gasteiger partial charge in [0.2, 0.25) is 0 Å². The summed E-state index contributed by atoms with van der Waals surface area (Å²) in [6, 6.07) is 8.54. The van der Waals surface area contributed by atoms with E-state index in [1.165, 1.54) is 18.4 Å². The molecule has 0 aromatic heterocycles. The van der Waals surface area contributed by atoms with Crippen molar-refractivity contribution < 1.29 is 9.47 Å². The summed E-state index contributed by atoms with van der Waals surface area (Å²) in [5, 5.41) is 0. The topological polar surface area (TPSA) is 21.7 Å². The van der Waals surface area contributed by atoms with Gasteiger partial charge in [0.05, 0.1) is 18.8 Å². The van der Waals surface area contributed by atoms with Crippen molar-refractivity contribution in [1.29, 1.82) is 0 Å². The van der Waals surface area contributed by atoms with E-state index in [0.717, 1.165) is 44.8 Å². The van der Waals surface area contributed by atoms with Crippen LogP contribution in [0.25, 0.3) is 0 Å². The van der Waals surface area contributed by atoms with E-state index in [1.807, 2.05) is 0 Å². The Kier molecular flexibility index (Phi) is 8.07. The molecule has 1 fully saturated rings. The molecule has 0 bridgehead atoms. The van der Waals surface area contributed by atoms with Crippen molar-refractivity contribution in [2.24, 2.45) is 5.92 Å². The first-order chi connectivity index (χ1) is 11.6. The summed E-state index contributed by atoms with van der Waals surface area (Å²) < 4.78 is 11.9. The highest BCUT2D eigenvalue weighted by molar-refractivity contribution is 5.33. The van der Waals surface area contributed by atoms with Crippen LogP contribution in [0.15, 0.2) is 24.3 Å². The number of hydrogen-bond donors (Lipinski definition) is 0. The summed E-state index contributed by atoms with van der Waals surface area (Å²) in [5.74, 6) is 1.69. The lowest BCUT2D eigenvalue weighted by Gasteiger charge is -2.36. The smallest absolute Gasteiger partial charge is 0.122 e. The van der Waals surface area contributed by atoms with Crippen LogP contribution >= 0.6 is 0 Å². The van der Waals surface area contributed by atoms with E-state index >= 15 is 0 Å². The van der Waals surface area contributed by atoms with Crippen molar-refractivity contribution >= 4 is 0 Å². The van der Waals surface area contributed by atoms with E-state index in [2.05, 4.69) is 56.9 Å². The molecule has 0 radical (unpaired) electrons. The quantitative estimate of drug-likeness (QED) is 0.619. The molecule has 0 spiro atoms. The summed E-state index contributed by atoms with van der Waals surface area (Å²) in [7, 11) is 0. The van der Waals surface area contributed by atoms with Gasteiger partial charge in [0, 0.05) is 19.6 Å². The van der Waals surface area contributed by atoms with Gasteiger partial charge in [-0.2, -0.15) is 0 Å². The van der Waals surface area contributed by atoms with Crippen molar-refractivity contribution in [3.05, 3.63) is 29.8 Å². The second-order valence-electron chi connectivity index (χ2n) is 7.45. The van der Waals surface area contributed by atoms with Crippen molar-refractivity contribution in [2.45, 2.75) is 65.6 Å². The average molecular weight is 334 g/mol. The second-order valence-corrected chi connectivity index (χ2v) is 7.45. The molecule has 1 aliphatic heterocycles. The van der Waals surface area contributed by atoms with E-state index in [4.69, 9.17) is 9.47 Å². The fourth-order valence-corrected chi connectivity index (χ4v) is 3.66. The van der Waals surface area contributed by atoms with Crippen LogP contribution in [0.3, 0.4) is 0 Å². The lowest BCUT2D eigenvalue weighted by molar-refractivity contribution is -0.0709. The van der Waals surface area contributed by atoms with Crippen molar-refractivity contribution in [3.8, 4) is 5.75 Å². The third kappa shape index (κ3) is 6.45. The Bertz CT molecular complexity index is 467. The molecule has 2 rings (SSSR count). The number of unbranched alkanes of at least 4 members (excludes halogenated alkanes) is 2. The molecule has 1 heterocycles. The molecule has 3 unspecified atom stereocenters. The maximum atomic E-state index is 6.03. The maximum absolute atomic E-state index is 6.03. The zero-order valence-electron chi connectivity index (χ0n) is 16.0. The van der Waals surface area contributed by atoms with E-state index < -0.39 is 0 Å². The molecule has 0 saturated carbocycles. The number of para-hydroxylation sites is 1. The molecular weight excluding hydrogens is 298 g/mol. The Morgan fingerprint density at radius 1 is 1.17 bits per heavy atom. The van der Waals surface area contributed by atoms with Crippen LogP contribution in [0.4, 0.5) is 0 Å². The monoisotopic (exact) mass is 333 g/mol. The largest absolute Gasteiger partial charge is 0.493 e. The minimum Gasteiger partial charge on any atom is -0.493 e. The van der Waals surface area contributed by atoms with Crippen LogP contribution < -0.4 is 4.74 Å². The van der Waals surface area contributed by atoms with Crippen LogP contribution in [0.5, 0.6) is 5.75 Å². The van der Waals surface area contributed by atoms with Crippen LogP contribution in [0.1, 0.15) is 52.5 Å². The molecule has 1 aromatic rings. The van der Waals surface area contributed by atoms with Gasteiger partial charge < -0.3 is 9.47 Å². The second kappa shape index (κ2) is 10.0. The highest BCUT2D eigenvalue weighted by Gasteiger charge is 2.23. The number of rotatable bonds is 9. The van der Waals surface area contributed by atoms with Gasteiger partial charge >= 0.3 is 0 Å². The molecule has 3 nitrogen and oxygen atoms in total. The standard InChI is InChI=1S/C21H35NO2/c1-5-6-9-12-23-21-11-8-7-10-20(21)13-17(2)14-22-15-18(3)24-19(4)16-22/h7-8,10-11,17-19H,5-6,9,12-16H2,1-4H3. The first-order valence-corrected chi connectivity index (χ1v) is 9.67. The first-order valence-electron chi connectivity index (χ1n) is 9.67. The van der Waals surface area contributed by atoms with Crippen molar-refractivity contribution in [2.75, 3.05) is 26.2 Å². The summed E-state index contributed by atoms with van der Waals surface area (Å²) >= 11 is 0. The maximum Gasteiger partial charge on any atom is 0.122 e. The summed E-state index contributed by atoms with van der Waals surface area (Å²) in [5.41, 5.74) is 1.34. The van der Waals surface area contributed by atoms with E-state index in [-0.39, 0.29) is 0 Å². The SMILES string of the molecule is CCCCCOc1ccccc1CC(C)CN1CC(C)OC(C)C1. The summed E-state index contributed by atoms with van der Waals surface area (Å²) in [6.07, 6.45) is 5.38. The summed E-state index contributed by atoms with van der Waals surface area (Å²) in [6.45, 7) is 13.0. The Balaban J connectivity index is 1.85. The molecule has 0 amide bonds. The lowest BCUT2D eigenvalue weighted by atomic mass is 9.99. The van der Waals surface area contributed by atoms with Crippen molar-refractivity contribution in [3.63, 3.8) is 0 Å². The van der Waals surface area contributed by atoms with Gasteiger partial charge in [-0.25, -0.2) is 0 Å². The Hall–Kier alpha value is -1.06. The number of ether oxygens (including phenoxy) is 2. The third-order valence-corrected chi connectivity index (χ3v) is 4.61. The Labute approximate surface area is 148 Å². The Morgan fingerprint density at radius 2 is 1.88 bits per heavy atom. The molecule has 24 heavy (non-hydrogen) atoms. The van der Waals surface area contributed by atoms with Gasteiger partial charge in [-0.15, -0.1) is 0 Å². The predicted molar refractivity (Wildman–Crippen MR) is 101 cm³/mol. The van der Waals surface area contributed by atoms with E-state index in [9.17, 15) is 0 Å². The lowest BCUT2D eigenvalue weighted by Crippen LogP contribution is -2.47. The third-order valence-electron chi connectivity index (χ3n) is 4.61. The Morgan fingerprint density at radius 3 is 2.58 bits per heavy atom. The van der Waals surface area contributed by atoms with Crippen LogP contribution in [0.2, 0.25) is 0 Å². The first kappa shape index (κ1) is 19.3. The fourth-order valence-electron chi connectivity index (χ4n) is 3.66. The van der Waals surface area contributed by atoms with Gasteiger partial charge in [0.25, 0.3) is 0 Å². The normalized spacial score (nSPS) is 23.2. The van der Waals surface area contributed by atoms with E-state index in [1.54, 1.807) is 0 Å². The highest BCUT2D eigenvalue weighted by Crippen LogP contribution is 2.23. The molecule has 1 aromatic carbocycles. The predicted octanol–water partition coefficient (Wildman–Crippen LogP) is 4.54.